The molecule has 0 aliphatic carbocycles. The van der Waals surface area contributed by atoms with Gasteiger partial charge in [-0.25, -0.2) is 9.37 Å². The van der Waals surface area contributed by atoms with Crippen molar-refractivity contribution in [2.45, 2.75) is 18.1 Å². The largest absolute Gasteiger partial charge is 0.416 e. The first kappa shape index (κ1) is 26.1. The number of aromatic nitrogens is 3. The minimum atomic E-state index is -4.82. The van der Waals surface area contributed by atoms with Gasteiger partial charge in [0.2, 0.25) is 5.95 Å². The van der Waals surface area contributed by atoms with Crippen LogP contribution in [-0.4, -0.2) is 19.9 Å². The van der Waals surface area contributed by atoms with Crippen molar-refractivity contribution in [2.24, 2.45) is 0 Å². The summed E-state index contributed by atoms with van der Waals surface area (Å²) in [5, 5.41) is 14.7. The molecule has 12 heteroatoms. The van der Waals surface area contributed by atoms with Crippen LogP contribution in [0.15, 0.2) is 85.1 Å². The number of nitro groups is 1. The Morgan fingerprint density at radius 2 is 1.72 bits per heavy atom. The van der Waals surface area contributed by atoms with Crippen LogP contribution < -0.4 is 5.32 Å². The average molecular weight is 556 g/mol. The van der Waals surface area contributed by atoms with E-state index >= 15 is 0 Å². The van der Waals surface area contributed by atoms with Crippen LogP contribution in [0, 0.1) is 15.9 Å². The first-order valence-corrected chi connectivity index (χ1v) is 11.9. The number of nitro benzene ring substituents is 1. The fourth-order valence-electron chi connectivity index (χ4n) is 4.42. The molecule has 0 amide bonds. The summed E-state index contributed by atoms with van der Waals surface area (Å²) in [5.41, 5.74) is -1.38. The number of halogens is 5. The van der Waals surface area contributed by atoms with Gasteiger partial charge in [0.05, 0.1) is 32.2 Å². The Kier molecular flexibility index (Phi) is 6.69. The maximum atomic E-state index is 14.8. The molecule has 5 rings (SSSR count). The molecular weight excluding hydrogens is 538 g/mol. The zero-order valence-corrected chi connectivity index (χ0v) is 20.6. The Bertz CT molecular complexity index is 1660. The van der Waals surface area contributed by atoms with Crippen molar-refractivity contribution in [1.82, 2.24) is 15.0 Å². The third-order valence-electron chi connectivity index (χ3n) is 6.20. The van der Waals surface area contributed by atoms with Crippen molar-refractivity contribution < 1.29 is 22.5 Å². The highest BCUT2D eigenvalue weighted by Crippen LogP contribution is 2.40. The Balaban J connectivity index is 1.76. The number of alkyl halides is 3. The highest BCUT2D eigenvalue weighted by atomic mass is 35.5. The predicted molar refractivity (Wildman–Crippen MR) is 138 cm³/mol. The van der Waals surface area contributed by atoms with Crippen LogP contribution in [0.1, 0.15) is 22.4 Å². The molecule has 1 unspecified atom stereocenters. The topological polar surface area (TPSA) is 96.7 Å². The molecule has 0 fully saturated rings. The number of aromatic amines is 1. The van der Waals surface area contributed by atoms with E-state index in [0.29, 0.717) is 27.7 Å². The number of hydrogen-bond donors (Lipinski definition) is 2. The number of fused-ring (bicyclic) bond motifs is 1. The number of benzene rings is 3. The average Bonchev–Trinajstić information content (AvgIpc) is 3.30. The summed E-state index contributed by atoms with van der Waals surface area (Å²) in [6.45, 7) is 0. The summed E-state index contributed by atoms with van der Waals surface area (Å²) in [4.78, 5) is 22.5. The minimum absolute atomic E-state index is 0.0282. The van der Waals surface area contributed by atoms with Crippen LogP contribution in [0.3, 0.4) is 0 Å². The number of nitrogens with one attached hydrogen (secondary N) is 2. The lowest BCUT2D eigenvalue weighted by Crippen LogP contribution is -2.40. The molecule has 0 spiro atoms. The number of non-ortho nitro benzene ring substituents is 1. The van der Waals surface area contributed by atoms with Gasteiger partial charge in [0.15, 0.2) is 0 Å². The maximum Gasteiger partial charge on any atom is 0.416 e. The van der Waals surface area contributed by atoms with Gasteiger partial charge in [-0.15, -0.1) is 0 Å². The van der Waals surface area contributed by atoms with Gasteiger partial charge >= 0.3 is 6.18 Å². The normalized spacial score (nSPS) is 13.3. The fourth-order valence-corrected chi connectivity index (χ4v) is 4.54. The van der Waals surface area contributed by atoms with E-state index < -0.39 is 28.0 Å². The fraction of sp³-hybridized carbons (Fsp3) is 0.111. The first-order chi connectivity index (χ1) is 18.5. The summed E-state index contributed by atoms with van der Waals surface area (Å²) < 4.78 is 56.2. The van der Waals surface area contributed by atoms with Crippen LogP contribution in [0.25, 0.3) is 11.0 Å². The molecule has 5 aromatic rings. The predicted octanol–water partition coefficient (Wildman–Crippen LogP) is 7.28. The lowest BCUT2D eigenvalue weighted by Gasteiger charge is -2.35. The van der Waals surface area contributed by atoms with Gasteiger partial charge in [0, 0.05) is 24.8 Å². The third-order valence-corrected chi connectivity index (χ3v) is 6.43. The second-order valence-corrected chi connectivity index (χ2v) is 9.26. The molecule has 2 aromatic heterocycles. The molecule has 1 atom stereocenters. The van der Waals surface area contributed by atoms with Gasteiger partial charge in [-0.3, -0.25) is 15.1 Å². The van der Waals surface area contributed by atoms with Gasteiger partial charge < -0.3 is 10.3 Å². The molecule has 0 saturated carbocycles. The number of rotatable bonds is 7. The van der Waals surface area contributed by atoms with E-state index in [9.17, 15) is 27.7 Å². The van der Waals surface area contributed by atoms with Crippen molar-refractivity contribution in [3.05, 3.63) is 128 Å². The monoisotopic (exact) mass is 555 g/mol. The van der Waals surface area contributed by atoms with Crippen LogP contribution >= 0.6 is 11.6 Å². The molecular formula is C27H18ClF4N5O2. The Morgan fingerprint density at radius 1 is 0.974 bits per heavy atom. The summed E-state index contributed by atoms with van der Waals surface area (Å²) in [7, 11) is 0. The number of hydrogen-bond acceptors (Lipinski definition) is 5. The number of anilines is 1. The van der Waals surface area contributed by atoms with Crippen molar-refractivity contribution >= 4 is 34.3 Å². The number of imidazole rings is 1. The quantitative estimate of drug-likeness (QED) is 0.125. The van der Waals surface area contributed by atoms with Crippen molar-refractivity contribution in [3.63, 3.8) is 0 Å². The zero-order chi connectivity index (χ0) is 27.8. The van der Waals surface area contributed by atoms with Crippen molar-refractivity contribution in [2.75, 3.05) is 5.32 Å². The lowest BCUT2D eigenvalue weighted by atomic mass is 9.80. The Morgan fingerprint density at radius 3 is 2.38 bits per heavy atom. The lowest BCUT2D eigenvalue weighted by molar-refractivity contribution is -0.384. The molecule has 2 heterocycles. The molecule has 0 saturated heterocycles. The summed E-state index contributed by atoms with van der Waals surface area (Å²) >= 11 is 6.07. The summed E-state index contributed by atoms with van der Waals surface area (Å²) in [6.07, 6.45) is -3.45. The van der Waals surface area contributed by atoms with E-state index in [1.165, 1.54) is 36.5 Å². The third kappa shape index (κ3) is 5.39. The summed E-state index contributed by atoms with van der Waals surface area (Å²) in [5.74, 6) is -1.01. The second-order valence-electron chi connectivity index (χ2n) is 8.82. The van der Waals surface area contributed by atoms with Crippen LogP contribution in [-0.2, 0) is 18.1 Å². The number of H-pyrrole nitrogens is 1. The molecule has 0 aliphatic heterocycles. The van der Waals surface area contributed by atoms with Gasteiger partial charge in [-0.2, -0.15) is 13.2 Å². The molecule has 0 aliphatic rings. The van der Waals surface area contributed by atoms with Gasteiger partial charge in [-0.05, 0) is 47.5 Å². The van der Waals surface area contributed by atoms with E-state index in [1.807, 2.05) is 0 Å². The minimum Gasteiger partial charge on any atom is -0.340 e. The van der Waals surface area contributed by atoms with E-state index in [4.69, 9.17) is 11.6 Å². The van der Waals surface area contributed by atoms with E-state index in [2.05, 4.69) is 20.3 Å². The molecule has 0 radical (unpaired) electrons. The van der Waals surface area contributed by atoms with E-state index in [1.54, 1.807) is 30.3 Å². The molecule has 2 N–H and O–H groups in total. The zero-order valence-electron chi connectivity index (χ0n) is 19.8. The van der Waals surface area contributed by atoms with E-state index in [-0.39, 0.29) is 29.3 Å². The van der Waals surface area contributed by atoms with Crippen LogP contribution in [0.4, 0.5) is 29.2 Å². The number of pyridine rings is 1. The first-order valence-electron chi connectivity index (χ1n) is 11.5. The molecule has 7 nitrogen and oxygen atoms in total. The Labute approximate surface area is 223 Å². The van der Waals surface area contributed by atoms with E-state index in [0.717, 1.165) is 12.1 Å². The van der Waals surface area contributed by atoms with Crippen LogP contribution in [0.5, 0.6) is 0 Å². The van der Waals surface area contributed by atoms with Gasteiger partial charge in [0.1, 0.15) is 11.4 Å². The summed E-state index contributed by atoms with van der Waals surface area (Å²) in [6, 6.07) is 18.2. The highest BCUT2D eigenvalue weighted by Gasteiger charge is 2.40. The molecule has 198 valence electrons. The highest BCUT2D eigenvalue weighted by molar-refractivity contribution is 6.30. The van der Waals surface area contributed by atoms with Crippen LogP contribution in [0.2, 0.25) is 5.02 Å². The van der Waals surface area contributed by atoms with Crippen molar-refractivity contribution in [3.8, 4) is 0 Å². The smallest absolute Gasteiger partial charge is 0.340 e. The number of nitrogens with zero attached hydrogens (tertiary/aromatic N) is 3. The second kappa shape index (κ2) is 9.99. The molecule has 0 bridgehead atoms. The van der Waals surface area contributed by atoms with Gasteiger partial charge in [-0.1, -0.05) is 41.9 Å². The Hall–Kier alpha value is -4.51. The molecule has 39 heavy (non-hydrogen) atoms. The SMILES string of the molecule is O=[N+]([O-])c1ccc2nc(NC(Cc3ccccc3)(c3cc(F)cc(C(F)(F)F)c3)c3ccc(Cl)cn3)[nH]c2c1. The van der Waals surface area contributed by atoms with Crippen molar-refractivity contribution in [1.29, 1.82) is 0 Å². The van der Waals surface area contributed by atoms with Gasteiger partial charge in [0.25, 0.3) is 5.69 Å². The standard InChI is InChI=1S/C27H18ClF4N5O2/c28-19-6-9-24(33-15-19)26(14-16-4-2-1-3-5-16,17-10-18(27(30,31)32)12-20(29)11-17)36-25-34-22-8-7-21(37(38)39)13-23(22)35-25/h1-13,15H,14H2,(H2,34,35,36). The molecule has 3 aromatic carbocycles. The maximum absolute atomic E-state index is 14.8.